The van der Waals surface area contributed by atoms with Crippen LogP contribution in [0.1, 0.15) is 57.7 Å². The van der Waals surface area contributed by atoms with Crippen LogP contribution in [0.5, 0.6) is 0 Å². The fraction of sp³-hybridized carbons (Fsp3) is 0.588. The molecule has 0 radical (unpaired) electrons. The number of amides is 1. The Hall–Kier alpha value is -1.35. The summed E-state index contributed by atoms with van der Waals surface area (Å²) in [6, 6.07) is 10.7. The predicted octanol–water partition coefficient (Wildman–Crippen LogP) is 3.23. The Morgan fingerprint density at radius 2 is 2.05 bits per heavy atom. The van der Waals surface area contributed by atoms with Crippen molar-refractivity contribution in [3.05, 3.63) is 35.9 Å². The molecule has 1 aliphatic carbocycles. The van der Waals surface area contributed by atoms with Gasteiger partial charge >= 0.3 is 0 Å². The third-order valence-corrected chi connectivity index (χ3v) is 4.65. The molecule has 1 spiro atoms. The van der Waals surface area contributed by atoms with Crippen LogP contribution in [-0.4, -0.2) is 22.4 Å². The van der Waals surface area contributed by atoms with Crippen molar-refractivity contribution in [2.75, 3.05) is 0 Å². The summed E-state index contributed by atoms with van der Waals surface area (Å²) < 4.78 is 0. The molecule has 1 N–H and O–H groups in total. The van der Waals surface area contributed by atoms with E-state index in [4.69, 9.17) is 0 Å². The average molecular weight is 272 g/mol. The quantitative estimate of drug-likeness (QED) is 0.892. The molecule has 20 heavy (non-hydrogen) atoms. The molecule has 2 fully saturated rings. The number of rotatable bonds is 5. The molecule has 108 valence electrons. The first kappa shape index (κ1) is 13.6. The van der Waals surface area contributed by atoms with Crippen molar-refractivity contribution in [3.8, 4) is 0 Å². The average Bonchev–Trinajstić information content (AvgIpc) is 3.19. The van der Waals surface area contributed by atoms with Gasteiger partial charge in [0.05, 0.1) is 0 Å². The van der Waals surface area contributed by atoms with E-state index < -0.39 is 0 Å². The topological polar surface area (TPSA) is 32.3 Å². The van der Waals surface area contributed by atoms with Gasteiger partial charge in [0.25, 0.3) is 0 Å². The van der Waals surface area contributed by atoms with E-state index in [-0.39, 0.29) is 11.7 Å². The van der Waals surface area contributed by atoms with Gasteiger partial charge in [-0.2, -0.15) is 0 Å². The Balaban J connectivity index is 1.85. The molecule has 2 unspecified atom stereocenters. The Morgan fingerprint density at radius 3 is 2.65 bits per heavy atom. The van der Waals surface area contributed by atoms with E-state index in [2.05, 4.69) is 36.2 Å². The Kier molecular flexibility index (Phi) is 3.55. The largest absolute Gasteiger partial charge is 0.319 e. The molecular formula is C17H24N2O. The van der Waals surface area contributed by atoms with Gasteiger partial charge in [0.15, 0.2) is 0 Å². The number of nitrogens with zero attached hydrogens (tertiary/aromatic N) is 1. The van der Waals surface area contributed by atoms with Crippen LogP contribution in [0.3, 0.4) is 0 Å². The van der Waals surface area contributed by atoms with Gasteiger partial charge < -0.3 is 4.90 Å². The van der Waals surface area contributed by atoms with Crippen LogP contribution in [0.15, 0.2) is 30.3 Å². The number of unbranched alkanes of at least 4 members (excludes halogenated alkanes) is 1. The minimum absolute atomic E-state index is 0.0538. The van der Waals surface area contributed by atoms with Crippen molar-refractivity contribution in [1.82, 2.24) is 10.2 Å². The van der Waals surface area contributed by atoms with Crippen molar-refractivity contribution in [2.45, 2.75) is 63.7 Å². The van der Waals surface area contributed by atoms with Gasteiger partial charge in [-0.1, -0.05) is 50.1 Å². The minimum Gasteiger partial charge on any atom is -0.319 e. The van der Waals surface area contributed by atoms with Gasteiger partial charge in [0.2, 0.25) is 5.91 Å². The maximum Gasteiger partial charge on any atom is 0.244 e. The van der Waals surface area contributed by atoms with Crippen LogP contribution in [0.2, 0.25) is 0 Å². The third-order valence-electron chi connectivity index (χ3n) is 4.65. The molecule has 1 aromatic rings. The van der Waals surface area contributed by atoms with Crippen molar-refractivity contribution >= 4 is 5.91 Å². The van der Waals surface area contributed by atoms with Crippen molar-refractivity contribution in [3.63, 3.8) is 0 Å². The summed E-state index contributed by atoms with van der Waals surface area (Å²) in [5.74, 6) is 0.315. The standard InChI is InChI=1S/C17H24N2O/c1-3-4-8-13(2)19-15(14-9-6-5-7-10-14)18-17(11-12-17)16(19)20/h5-7,9-10,13,15,18H,3-4,8,11-12H2,1-2H3. The molecule has 3 nitrogen and oxygen atoms in total. The van der Waals surface area contributed by atoms with Crippen LogP contribution in [0.4, 0.5) is 0 Å². The van der Waals surface area contributed by atoms with Gasteiger partial charge in [-0.3, -0.25) is 10.1 Å². The van der Waals surface area contributed by atoms with Crippen LogP contribution >= 0.6 is 0 Å². The first-order valence-corrected chi connectivity index (χ1v) is 7.83. The molecule has 3 rings (SSSR count). The molecule has 1 aromatic carbocycles. The third kappa shape index (κ3) is 2.24. The van der Waals surface area contributed by atoms with E-state index in [1.54, 1.807) is 0 Å². The number of benzene rings is 1. The highest BCUT2D eigenvalue weighted by atomic mass is 16.2. The molecular weight excluding hydrogens is 248 g/mol. The van der Waals surface area contributed by atoms with Crippen molar-refractivity contribution < 1.29 is 4.79 Å². The van der Waals surface area contributed by atoms with Gasteiger partial charge in [-0.05, 0) is 31.7 Å². The number of hydrogen-bond acceptors (Lipinski definition) is 2. The lowest BCUT2D eigenvalue weighted by Gasteiger charge is -2.30. The van der Waals surface area contributed by atoms with Gasteiger partial charge in [0, 0.05) is 6.04 Å². The summed E-state index contributed by atoms with van der Waals surface area (Å²) in [6.07, 6.45) is 5.49. The summed E-state index contributed by atoms with van der Waals surface area (Å²) >= 11 is 0. The van der Waals surface area contributed by atoms with Crippen LogP contribution < -0.4 is 5.32 Å². The molecule has 1 amide bonds. The number of nitrogens with one attached hydrogen (secondary N) is 1. The van der Waals surface area contributed by atoms with Crippen LogP contribution in [0, 0.1) is 0 Å². The number of carbonyl (C=O) groups excluding carboxylic acids is 1. The molecule has 0 bridgehead atoms. The van der Waals surface area contributed by atoms with Gasteiger partial charge in [0.1, 0.15) is 11.7 Å². The van der Waals surface area contributed by atoms with Crippen LogP contribution in [-0.2, 0) is 4.79 Å². The Bertz CT molecular complexity index is 481. The molecule has 1 saturated heterocycles. The second-order valence-corrected chi connectivity index (χ2v) is 6.24. The minimum atomic E-state index is -0.235. The normalized spacial score (nSPS) is 25.2. The number of carbonyl (C=O) groups is 1. The molecule has 0 aromatic heterocycles. The molecule has 1 saturated carbocycles. The van der Waals surface area contributed by atoms with Crippen LogP contribution in [0.25, 0.3) is 0 Å². The highest BCUT2D eigenvalue weighted by molar-refractivity contribution is 5.92. The smallest absolute Gasteiger partial charge is 0.244 e. The molecule has 2 aliphatic rings. The monoisotopic (exact) mass is 272 g/mol. The zero-order valence-electron chi connectivity index (χ0n) is 12.4. The van der Waals surface area contributed by atoms with E-state index in [0.29, 0.717) is 11.9 Å². The van der Waals surface area contributed by atoms with E-state index >= 15 is 0 Å². The van der Waals surface area contributed by atoms with Crippen molar-refractivity contribution in [1.29, 1.82) is 0 Å². The second-order valence-electron chi connectivity index (χ2n) is 6.24. The highest BCUT2D eigenvalue weighted by Crippen LogP contribution is 2.46. The maximum absolute atomic E-state index is 12.7. The SMILES string of the molecule is CCCCC(C)N1C(=O)C2(CC2)NC1c1ccccc1. The summed E-state index contributed by atoms with van der Waals surface area (Å²) in [4.78, 5) is 14.8. The lowest BCUT2D eigenvalue weighted by atomic mass is 10.1. The summed E-state index contributed by atoms with van der Waals surface area (Å²) in [6.45, 7) is 4.39. The first-order valence-electron chi connectivity index (χ1n) is 7.83. The lowest BCUT2D eigenvalue weighted by molar-refractivity contribution is -0.132. The highest BCUT2D eigenvalue weighted by Gasteiger charge is 2.60. The summed E-state index contributed by atoms with van der Waals surface area (Å²) in [5, 5.41) is 3.59. The predicted molar refractivity (Wildman–Crippen MR) is 80.1 cm³/mol. The number of hydrogen-bond donors (Lipinski definition) is 1. The lowest BCUT2D eigenvalue weighted by Crippen LogP contribution is -2.38. The van der Waals surface area contributed by atoms with E-state index in [1.807, 2.05) is 18.2 Å². The van der Waals surface area contributed by atoms with E-state index in [9.17, 15) is 4.79 Å². The van der Waals surface area contributed by atoms with Gasteiger partial charge in [-0.15, -0.1) is 0 Å². The molecule has 1 aliphatic heterocycles. The first-order chi connectivity index (χ1) is 9.68. The van der Waals surface area contributed by atoms with Gasteiger partial charge in [-0.25, -0.2) is 0 Å². The molecule has 1 heterocycles. The summed E-state index contributed by atoms with van der Waals surface area (Å²) in [7, 11) is 0. The molecule has 2 atom stereocenters. The maximum atomic E-state index is 12.7. The Morgan fingerprint density at radius 1 is 1.35 bits per heavy atom. The Labute approximate surface area is 121 Å². The zero-order chi connectivity index (χ0) is 14.2. The van der Waals surface area contributed by atoms with Crippen molar-refractivity contribution in [2.24, 2.45) is 0 Å². The fourth-order valence-electron chi connectivity index (χ4n) is 3.21. The fourth-order valence-corrected chi connectivity index (χ4v) is 3.21. The zero-order valence-corrected chi connectivity index (χ0v) is 12.4. The second kappa shape index (κ2) is 5.21. The molecule has 3 heteroatoms. The van der Waals surface area contributed by atoms with E-state index in [1.165, 1.54) is 18.4 Å². The summed E-state index contributed by atoms with van der Waals surface area (Å²) in [5.41, 5.74) is 0.967. The van der Waals surface area contributed by atoms with E-state index in [0.717, 1.165) is 19.3 Å².